The van der Waals surface area contributed by atoms with Crippen LogP contribution in [-0.2, 0) is 4.79 Å². The quantitative estimate of drug-likeness (QED) is 0.867. The number of anilines is 1. The second kappa shape index (κ2) is 5.09. The van der Waals surface area contributed by atoms with Gasteiger partial charge in [-0.1, -0.05) is 0 Å². The highest BCUT2D eigenvalue weighted by Crippen LogP contribution is 2.39. The molecule has 3 rings (SSSR count). The Balaban J connectivity index is 1.95. The van der Waals surface area contributed by atoms with Gasteiger partial charge in [0.2, 0.25) is 5.91 Å². The molecule has 1 atom stereocenters. The van der Waals surface area contributed by atoms with E-state index in [1.807, 2.05) is 0 Å². The lowest BCUT2D eigenvalue weighted by atomic mass is 10.1. The zero-order valence-corrected chi connectivity index (χ0v) is 12.1. The lowest BCUT2D eigenvalue weighted by Crippen LogP contribution is -2.19. The number of fused-ring (bicyclic) bond motifs is 1. The molecule has 2 aromatic carbocycles. The van der Waals surface area contributed by atoms with Crippen molar-refractivity contribution >= 4 is 27.5 Å². The molecule has 0 bridgehead atoms. The van der Waals surface area contributed by atoms with Crippen LogP contribution in [0.4, 0.5) is 14.5 Å². The van der Waals surface area contributed by atoms with Gasteiger partial charge in [-0.15, -0.1) is 0 Å². The molecule has 2 aromatic rings. The van der Waals surface area contributed by atoms with E-state index in [0.717, 1.165) is 12.1 Å². The fourth-order valence-corrected chi connectivity index (χ4v) is 2.47. The summed E-state index contributed by atoms with van der Waals surface area (Å²) in [6.45, 7) is 0. The highest BCUT2D eigenvalue weighted by molar-refractivity contribution is 9.10. The van der Waals surface area contributed by atoms with Crippen LogP contribution in [0.5, 0.6) is 11.5 Å². The number of amides is 1. The Bertz CT molecular complexity index is 752. The van der Waals surface area contributed by atoms with E-state index in [1.165, 1.54) is 6.07 Å². The first-order chi connectivity index (χ1) is 9.95. The Kier molecular flexibility index (Phi) is 3.38. The van der Waals surface area contributed by atoms with E-state index in [9.17, 15) is 13.6 Å². The molecule has 0 aromatic heterocycles. The Morgan fingerprint density at radius 3 is 2.67 bits per heavy atom. The largest absolute Gasteiger partial charge is 0.456 e. The van der Waals surface area contributed by atoms with Crippen molar-refractivity contribution in [3.63, 3.8) is 0 Å². The van der Waals surface area contributed by atoms with Crippen LogP contribution in [0.25, 0.3) is 0 Å². The van der Waals surface area contributed by atoms with Crippen molar-refractivity contribution < 1.29 is 18.3 Å². The van der Waals surface area contributed by atoms with Gasteiger partial charge < -0.3 is 15.8 Å². The third-order valence-corrected chi connectivity index (χ3v) is 3.72. The SMILES string of the molecule is NC1C(=O)Nc2cc(Oc3ccc(F)c(F)c3)c(Br)cc21. The number of rotatable bonds is 2. The highest BCUT2D eigenvalue weighted by atomic mass is 79.9. The number of carbonyl (C=O) groups is 1. The summed E-state index contributed by atoms with van der Waals surface area (Å²) in [5.41, 5.74) is 6.91. The van der Waals surface area contributed by atoms with Crippen molar-refractivity contribution in [3.05, 3.63) is 52.0 Å². The normalized spacial score (nSPS) is 16.6. The van der Waals surface area contributed by atoms with Gasteiger partial charge >= 0.3 is 0 Å². The Morgan fingerprint density at radius 2 is 1.95 bits per heavy atom. The van der Waals surface area contributed by atoms with Crippen molar-refractivity contribution in [1.29, 1.82) is 0 Å². The van der Waals surface area contributed by atoms with Gasteiger partial charge in [-0.25, -0.2) is 8.78 Å². The summed E-state index contributed by atoms with van der Waals surface area (Å²) in [6, 6.07) is 5.73. The lowest BCUT2D eigenvalue weighted by molar-refractivity contribution is -0.116. The molecule has 1 aliphatic heterocycles. The van der Waals surface area contributed by atoms with E-state index in [2.05, 4.69) is 21.2 Å². The van der Waals surface area contributed by atoms with Gasteiger partial charge in [0, 0.05) is 23.4 Å². The summed E-state index contributed by atoms with van der Waals surface area (Å²) in [6.07, 6.45) is 0. The van der Waals surface area contributed by atoms with Crippen LogP contribution in [0.3, 0.4) is 0 Å². The van der Waals surface area contributed by atoms with Crippen LogP contribution in [-0.4, -0.2) is 5.91 Å². The fraction of sp³-hybridized carbons (Fsp3) is 0.0714. The van der Waals surface area contributed by atoms with Crippen molar-refractivity contribution in [2.45, 2.75) is 6.04 Å². The molecule has 4 nitrogen and oxygen atoms in total. The molecule has 0 saturated carbocycles. The summed E-state index contributed by atoms with van der Waals surface area (Å²) in [7, 11) is 0. The van der Waals surface area contributed by atoms with E-state index in [-0.39, 0.29) is 11.7 Å². The molecule has 0 aliphatic carbocycles. The summed E-state index contributed by atoms with van der Waals surface area (Å²) in [5, 5.41) is 2.62. The molecular formula is C14H9BrF2N2O2. The maximum Gasteiger partial charge on any atom is 0.245 e. The van der Waals surface area contributed by atoms with E-state index in [4.69, 9.17) is 10.5 Å². The maximum atomic E-state index is 13.2. The molecule has 1 aliphatic rings. The number of nitrogens with two attached hydrogens (primary N) is 1. The minimum Gasteiger partial charge on any atom is -0.456 e. The molecule has 108 valence electrons. The predicted octanol–water partition coefficient (Wildman–Crippen LogP) is 3.47. The van der Waals surface area contributed by atoms with Gasteiger partial charge in [-0.3, -0.25) is 4.79 Å². The molecule has 0 spiro atoms. The predicted molar refractivity (Wildman–Crippen MR) is 76.1 cm³/mol. The van der Waals surface area contributed by atoms with Crippen molar-refractivity contribution in [1.82, 2.24) is 0 Å². The Hall–Kier alpha value is -1.99. The molecule has 0 fully saturated rings. The van der Waals surface area contributed by atoms with Gasteiger partial charge in [0.1, 0.15) is 17.5 Å². The summed E-state index contributed by atoms with van der Waals surface area (Å²) >= 11 is 3.30. The monoisotopic (exact) mass is 354 g/mol. The van der Waals surface area contributed by atoms with Gasteiger partial charge in [0.15, 0.2) is 11.6 Å². The first-order valence-electron chi connectivity index (χ1n) is 5.98. The van der Waals surface area contributed by atoms with E-state index >= 15 is 0 Å². The van der Waals surface area contributed by atoms with Gasteiger partial charge in [0.05, 0.1) is 4.47 Å². The highest BCUT2D eigenvalue weighted by Gasteiger charge is 2.28. The molecule has 1 unspecified atom stereocenters. The Labute approximate surface area is 127 Å². The molecule has 0 saturated heterocycles. The number of hydrogen-bond acceptors (Lipinski definition) is 3. The molecule has 1 heterocycles. The van der Waals surface area contributed by atoms with Crippen LogP contribution in [0, 0.1) is 11.6 Å². The number of ether oxygens (including phenoxy) is 1. The minimum atomic E-state index is -1.000. The second-order valence-corrected chi connectivity index (χ2v) is 5.37. The van der Waals surface area contributed by atoms with Crippen molar-refractivity contribution in [2.75, 3.05) is 5.32 Å². The fourth-order valence-electron chi connectivity index (χ4n) is 2.03. The van der Waals surface area contributed by atoms with Gasteiger partial charge in [-0.2, -0.15) is 0 Å². The zero-order chi connectivity index (χ0) is 15.1. The number of benzene rings is 2. The van der Waals surface area contributed by atoms with Gasteiger partial charge in [0.25, 0.3) is 0 Å². The molecular weight excluding hydrogens is 346 g/mol. The molecule has 1 amide bonds. The summed E-state index contributed by atoms with van der Waals surface area (Å²) < 4.78 is 32.1. The maximum absolute atomic E-state index is 13.2. The lowest BCUT2D eigenvalue weighted by Gasteiger charge is -2.10. The first kappa shape index (κ1) is 14.0. The number of carbonyl (C=O) groups excluding carboxylic acids is 1. The summed E-state index contributed by atoms with van der Waals surface area (Å²) in [5.74, 6) is -1.76. The third kappa shape index (κ3) is 2.50. The van der Waals surface area contributed by atoms with Crippen molar-refractivity contribution in [3.8, 4) is 11.5 Å². The van der Waals surface area contributed by atoms with Gasteiger partial charge in [-0.05, 0) is 34.1 Å². The topological polar surface area (TPSA) is 64.4 Å². The van der Waals surface area contributed by atoms with E-state index in [1.54, 1.807) is 12.1 Å². The van der Waals surface area contributed by atoms with E-state index in [0.29, 0.717) is 21.5 Å². The summed E-state index contributed by atoms with van der Waals surface area (Å²) in [4.78, 5) is 11.5. The smallest absolute Gasteiger partial charge is 0.245 e. The molecule has 21 heavy (non-hydrogen) atoms. The van der Waals surface area contributed by atoms with E-state index < -0.39 is 17.7 Å². The van der Waals surface area contributed by atoms with Crippen LogP contribution in [0.15, 0.2) is 34.8 Å². The second-order valence-electron chi connectivity index (χ2n) is 4.51. The average Bonchev–Trinajstić information content (AvgIpc) is 2.70. The molecule has 3 N–H and O–H groups in total. The van der Waals surface area contributed by atoms with Crippen LogP contribution in [0.2, 0.25) is 0 Å². The first-order valence-corrected chi connectivity index (χ1v) is 6.78. The molecule has 7 heteroatoms. The van der Waals surface area contributed by atoms with Crippen molar-refractivity contribution in [2.24, 2.45) is 5.73 Å². The number of hydrogen-bond donors (Lipinski definition) is 2. The minimum absolute atomic E-state index is 0.142. The van der Waals surface area contributed by atoms with Crippen LogP contribution in [0.1, 0.15) is 11.6 Å². The Morgan fingerprint density at radius 1 is 1.19 bits per heavy atom. The third-order valence-electron chi connectivity index (χ3n) is 3.10. The number of halogens is 3. The molecule has 0 radical (unpaired) electrons. The average molecular weight is 355 g/mol. The van der Waals surface area contributed by atoms with Crippen LogP contribution < -0.4 is 15.8 Å². The number of nitrogens with one attached hydrogen (secondary N) is 1. The zero-order valence-electron chi connectivity index (χ0n) is 10.5. The standard InChI is InChI=1S/C14H9BrF2N2O2/c15-8-4-7-11(19-14(20)13(7)18)5-12(8)21-6-1-2-9(16)10(17)3-6/h1-5,13H,18H2,(H,19,20). The van der Waals surface area contributed by atoms with Crippen LogP contribution >= 0.6 is 15.9 Å².